The molecule has 1 aromatic carbocycles. The fourth-order valence-corrected chi connectivity index (χ4v) is 3.10. The summed E-state index contributed by atoms with van der Waals surface area (Å²) in [5.41, 5.74) is 0.260. The highest BCUT2D eigenvalue weighted by Crippen LogP contribution is 2.26. The molecule has 18 heavy (non-hydrogen) atoms. The minimum Gasteiger partial charge on any atom is -0.338 e. The van der Waals surface area contributed by atoms with Gasteiger partial charge in [-0.25, -0.2) is 4.39 Å². The molecule has 1 aromatic rings. The topological polar surface area (TPSA) is 20.3 Å². The van der Waals surface area contributed by atoms with Crippen LogP contribution in [0.25, 0.3) is 0 Å². The number of likely N-dealkylation sites (tertiary alicyclic amines) is 1. The molecule has 1 atom stereocenters. The summed E-state index contributed by atoms with van der Waals surface area (Å²) in [6.45, 7) is 1.46. The highest BCUT2D eigenvalue weighted by Gasteiger charge is 2.27. The van der Waals surface area contributed by atoms with E-state index in [1.165, 1.54) is 12.1 Å². The first-order chi connectivity index (χ1) is 8.63. The lowest BCUT2D eigenvalue weighted by molar-refractivity contribution is 0.0786. The zero-order valence-electron chi connectivity index (χ0n) is 9.83. The van der Waals surface area contributed by atoms with E-state index in [9.17, 15) is 9.18 Å². The van der Waals surface area contributed by atoms with E-state index >= 15 is 0 Å². The summed E-state index contributed by atoms with van der Waals surface area (Å²) >= 11 is 9.24. The van der Waals surface area contributed by atoms with Gasteiger partial charge in [-0.2, -0.15) is 0 Å². The van der Waals surface area contributed by atoms with Gasteiger partial charge in [0.25, 0.3) is 5.91 Å². The smallest absolute Gasteiger partial charge is 0.255 e. The molecule has 1 unspecified atom stereocenters. The van der Waals surface area contributed by atoms with Crippen molar-refractivity contribution in [2.24, 2.45) is 5.92 Å². The number of alkyl halides is 1. The number of carbonyl (C=O) groups is 1. The molecular formula is C13H14BrClFNO. The highest BCUT2D eigenvalue weighted by molar-refractivity contribution is 9.09. The first-order valence-corrected chi connectivity index (χ1v) is 7.42. The van der Waals surface area contributed by atoms with E-state index < -0.39 is 5.82 Å². The van der Waals surface area contributed by atoms with Gasteiger partial charge in [-0.3, -0.25) is 4.79 Å². The minimum atomic E-state index is -0.543. The molecule has 0 bridgehead atoms. The Kier molecular flexibility index (Phi) is 4.62. The molecule has 1 heterocycles. The zero-order valence-corrected chi connectivity index (χ0v) is 12.2. The van der Waals surface area contributed by atoms with Gasteiger partial charge >= 0.3 is 0 Å². The second kappa shape index (κ2) is 6.02. The van der Waals surface area contributed by atoms with Crippen LogP contribution in [0.1, 0.15) is 23.2 Å². The summed E-state index contributed by atoms with van der Waals surface area (Å²) in [6, 6.07) is 4.35. The Morgan fingerprint density at radius 1 is 1.56 bits per heavy atom. The normalized spacial score (nSPS) is 19.3. The third-order valence-corrected chi connectivity index (χ3v) is 4.11. The van der Waals surface area contributed by atoms with Crippen molar-refractivity contribution in [3.8, 4) is 0 Å². The summed E-state index contributed by atoms with van der Waals surface area (Å²) in [6.07, 6.45) is 2.06. The number of carbonyl (C=O) groups excluding carboxylic acids is 1. The van der Waals surface area contributed by atoms with Crippen molar-refractivity contribution in [2.45, 2.75) is 12.8 Å². The highest BCUT2D eigenvalue weighted by atomic mass is 79.9. The van der Waals surface area contributed by atoms with Gasteiger partial charge in [0.2, 0.25) is 0 Å². The van der Waals surface area contributed by atoms with Crippen molar-refractivity contribution < 1.29 is 9.18 Å². The van der Waals surface area contributed by atoms with E-state index in [0.29, 0.717) is 5.92 Å². The van der Waals surface area contributed by atoms with E-state index in [-0.39, 0.29) is 16.5 Å². The van der Waals surface area contributed by atoms with Gasteiger partial charge in [0, 0.05) is 18.4 Å². The molecule has 98 valence electrons. The average molecular weight is 335 g/mol. The van der Waals surface area contributed by atoms with Crippen LogP contribution < -0.4 is 0 Å². The number of benzene rings is 1. The lowest BCUT2D eigenvalue weighted by atomic mass is 10.1. The molecular weight excluding hydrogens is 321 g/mol. The number of nitrogens with zero attached hydrogens (tertiary/aromatic N) is 1. The Morgan fingerprint density at radius 2 is 2.33 bits per heavy atom. The van der Waals surface area contributed by atoms with Crippen LogP contribution in [0.15, 0.2) is 18.2 Å². The number of hydrogen-bond donors (Lipinski definition) is 0. The fraction of sp³-hybridized carbons (Fsp3) is 0.462. The molecule has 1 aliphatic rings. The molecule has 1 aliphatic heterocycles. The lowest BCUT2D eigenvalue weighted by Gasteiger charge is -2.17. The van der Waals surface area contributed by atoms with Crippen molar-refractivity contribution in [1.82, 2.24) is 4.90 Å². The van der Waals surface area contributed by atoms with Crippen LogP contribution in [0.5, 0.6) is 0 Å². The lowest BCUT2D eigenvalue weighted by Crippen LogP contribution is -2.29. The Morgan fingerprint density at radius 3 is 3.06 bits per heavy atom. The van der Waals surface area contributed by atoms with Crippen LogP contribution >= 0.6 is 27.5 Å². The van der Waals surface area contributed by atoms with Crippen LogP contribution in [0.3, 0.4) is 0 Å². The van der Waals surface area contributed by atoms with Gasteiger partial charge < -0.3 is 4.90 Å². The molecule has 2 nitrogen and oxygen atoms in total. The van der Waals surface area contributed by atoms with Crippen molar-refractivity contribution >= 4 is 33.4 Å². The van der Waals surface area contributed by atoms with Crippen molar-refractivity contribution in [3.05, 3.63) is 34.6 Å². The standard InChI is InChI=1S/C13H14BrClFNO/c14-6-4-9-5-7-17(8-9)13(18)10-2-1-3-11(16)12(10)15/h1-3,9H,4-8H2. The molecule has 1 amide bonds. The SMILES string of the molecule is O=C(c1cccc(F)c1Cl)N1CCC(CCBr)C1. The zero-order chi connectivity index (χ0) is 13.1. The molecule has 2 rings (SSSR count). The van der Waals surface area contributed by atoms with Crippen LogP contribution in [0, 0.1) is 11.7 Å². The number of hydrogen-bond acceptors (Lipinski definition) is 1. The monoisotopic (exact) mass is 333 g/mol. The van der Waals surface area contributed by atoms with Crippen LogP contribution in [0.4, 0.5) is 4.39 Å². The second-order valence-electron chi connectivity index (χ2n) is 4.48. The Bertz CT molecular complexity index is 455. The predicted octanol–water partition coefficient (Wildman–Crippen LogP) is 3.73. The van der Waals surface area contributed by atoms with Gasteiger partial charge in [-0.05, 0) is 30.9 Å². The van der Waals surface area contributed by atoms with Gasteiger partial charge in [-0.1, -0.05) is 33.6 Å². The average Bonchev–Trinajstić information content (AvgIpc) is 2.81. The van der Waals surface area contributed by atoms with E-state index in [1.54, 1.807) is 11.0 Å². The third-order valence-electron chi connectivity index (χ3n) is 3.27. The summed E-state index contributed by atoms with van der Waals surface area (Å²) in [7, 11) is 0. The summed E-state index contributed by atoms with van der Waals surface area (Å²) in [5, 5.41) is 0.867. The second-order valence-corrected chi connectivity index (χ2v) is 5.66. The van der Waals surface area contributed by atoms with E-state index in [1.807, 2.05) is 0 Å². The molecule has 0 aromatic heterocycles. The number of halogens is 3. The Labute approximate surface area is 119 Å². The summed E-state index contributed by atoms with van der Waals surface area (Å²) in [5.74, 6) is -0.184. The first-order valence-electron chi connectivity index (χ1n) is 5.92. The number of amides is 1. The summed E-state index contributed by atoms with van der Waals surface area (Å²) in [4.78, 5) is 14.0. The van der Waals surface area contributed by atoms with Crippen LogP contribution in [-0.4, -0.2) is 29.2 Å². The molecule has 0 N–H and O–H groups in total. The summed E-state index contributed by atoms with van der Waals surface area (Å²) < 4.78 is 13.3. The van der Waals surface area contributed by atoms with Crippen LogP contribution in [0.2, 0.25) is 5.02 Å². The molecule has 0 saturated carbocycles. The molecule has 5 heteroatoms. The molecule has 1 fully saturated rings. The largest absolute Gasteiger partial charge is 0.338 e. The quantitative estimate of drug-likeness (QED) is 0.771. The van der Waals surface area contributed by atoms with Crippen molar-refractivity contribution in [2.75, 3.05) is 18.4 Å². The van der Waals surface area contributed by atoms with E-state index in [4.69, 9.17) is 11.6 Å². The van der Waals surface area contributed by atoms with Gasteiger partial charge in [-0.15, -0.1) is 0 Å². The molecule has 0 radical (unpaired) electrons. The maximum atomic E-state index is 13.3. The van der Waals surface area contributed by atoms with E-state index in [0.717, 1.165) is 31.3 Å². The van der Waals surface area contributed by atoms with E-state index in [2.05, 4.69) is 15.9 Å². The molecule has 0 spiro atoms. The van der Waals surface area contributed by atoms with Gasteiger partial charge in [0.15, 0.2) is 0 Å². The van der Waals surface area contributed by atoms with Gasteiger partial charge in [0.1, 0.15) is 5.82 Å². The van der Waals surface area contributed by atoms with Crippen LogP contribution in [-0.2, 0) is 0 Å². The number of rotatable bonds is 3. The van der Waals surface area contributed by atoms with Crippen molar-refractivity contribution in [1.29, 1.82) is 0 Å². The minimum absolute atomic E-state index is 0.0774. The fourth-order valence-electron chi connectivity index (χ4n) is 2.25. The van der Waals surface area contributed by atoms with Gasteiger partial charge in [0.05, 0.1) is 10.6 Å². The molecule has 1 saturated heterocycles. The Balaban J connectivity index is 2.11. The maximum absolute atomic E-state index is 13.3. The first kappa shape index (κ1) is 13.8. The van der Waals surface area contributed by atoms with Crippen molar-refractivity contribution in [3.63, 3.8) is 0 Å². The third kappa shape index (κ3) is 2.86. The molecule has 0 aliphatic carbocycles. The Hall–Kier alpha value is -0.610. The predicted molar refractivity (Wildman–Crippen MR) is 73.8 cm³/mol. The maximum Gasteiger partial charge on any atom is 0.255 e.